The second-order valence-electron chi connectivity index (χ2n) is 27.5. The van der Waals surface area contributed by atoms with Gasteiger partial charge in [0.05, 0.1) is 11.1 Å². The van der Waals surface area contributed by atoms with Crippen LogP contribution in [0.2, 0.25) is 0 Å². The highest BCUT2D eigenvalue weighted by molar-refractivity contribution is 7.99. The zero-order chi connectivity index (χ0) is 64.3. The maximum Gasteiger partial charge on any atom is 0.256 e. The molecule has 0 N–H and O–H groups in total. The monoisotopic (exact) mass is 1260 g/mol. The average Bonchev–Trinajstić information content (AvgIpc) is 1.65. The van der Waals surface area contributed by atoms with Crippen molar-refractivity contribution in [2.45, 2.75) is 41.4 Å². The van der Waals surface area contributed by atoms with Crippen LogP contribution < -0.4 is 57.1 Å². The molecule has 0 saturated heterocycles. The molecule has 5 aliphatic heterocycles. The third-order valence-electron chi connectivity index (χ3n) is 21.2. The third kappa shape index (κ3) is 8.23. The van der Waals surface area contributed by atoms with Gasteiger partial charge in [-0.3, -0.25) is 0 Å². The Bertz CT molecular complexity index is 5520. The Morgan fingerprint density at radius 2 is 0.794 bits per heavy atom. The van der Waals surface area contributed by atoms with Crippen LogP contribution in [0.25, 0.3) is 22.3 Å². The average molecular weight is 1260 g/mol. The molecule has 0 amide bonds. The van der Waals surface area contributed by atoms with Crippen molar-refractivity contribution in [3.05, 3.63) is 349 Å². The molecule has 14 aromatic carbocycles. The predicted molar refractivity (Wildman–Crippen MR) is 407 cm³/mol. The van der Waals surface area contributed by atoms with E-state index >= 15 is 0 Å². The first-order chi connectivity index (χ1) is 47.8. The van der Waals surface area contributed by atoms with Gasteiger partial charge in [0.15, 0.2) is 0 Å². The SMILES string of the molecule is CC(C)(C)c1cc2c3c(c1)N(c1ccccc1)c1cc4c(cc1B3c1ccccc1N2c1ccccc1)C1(c2cc3c(cc2S4)N(c2ccccc2)c2cc(N(c4ccccc4)c4cccc(-c5ccccc5)c4)cc4c2B3c2ccccc2O4)c2ccccc2-c2ccccc21. The predicted octanol–water partition coefficient (Wildman–Crippen LogP) is 19.4. The summed E-state index contributed by atoms with van der Waals surface area (Å²) in [6.07, 6.45) is 0. The molecule has 5 nitrogen and oxygen atoms in total. The number of fused-ring (bicyclic) bond motifs is 17. The van der Waals surface area contributed by atoms with Crippen molar-refractivity contribution in [3.63, 3.8) is 0 Å². The normalized spacial score (nSPS) is 14.2. The van der Waals surface area contributed by atoms with Crippen molar-refractivity contribution in [1.29, 1.82) is 0 Å². The van der Waals surface area contributed by atoms with E-state index in [1.165, 1.54) is 98.9 Å². The molecular formula is C89H62B2N4OS. The molecule has 0 fully saturated rings. The van der Waals surface area contributed by atoms with E-state index in [4.69, 9.17) is 4.74 Å². The number of ether oxygens (including phenoxy) is 1. The highest BCUT2D eigenvalue weighted by Gasteiger charge is 2.54. The van der Waals surface area contributed by atoms with Crippen molar-refractivity contribution in [1.82, 2.24) is 0 Å². The Morgan fingerprint density at radius 1 is 0.330 bits per heavy atom. The number of benzene rings is 14. The first-order valence-electron chi connectivity index (χ1n) is 33.8. The lowest BCUT2D eigenvalue weighted by Gasteiger charge is -2.47. The molecule has 6 aliphatic rings. The van der Waals surface area contributed by atoms with Gasteiger partial charge in [0, 0.05) is 78.4 Å². The van der Waals surface area contributed by atoms with E-state index in [2.05, 4.69) is 362 Å². The summed E-state index contributed by atoms with van der Waals surface area (Å²) in [6.45, 7) is 6.78. The lowest BCUT2D eigenvalue weighted by molar-refractivity contribution is 0.487. The fraction of sp³-hybridized carbons (Fsp3) is 0.0562. The third-order valence-corrected chi connectivity index (χ3v) is 22.3. The summed E-state index contributed by atoms with van der Waals surface area (Å²) in [5.41, 5.74) is 31.4. The molecule has 1 aliphatic carbocycles. The minimum atomic E-state index is -0.742. The second kappa shape index (κ2) is 21.3. The smallest absolute Gasteiger partial charge is 0.256 e. The summed E-state index contributed by atoms with van der Waals surface area (Å²) in [5, 5.41) is 0. The fourth-order valence-electron chi connectivity index (χ4n) is 17.1. The minimum Gasteiger partial charge on any atom is -0.458 e. The molecule has 97 heavy (non-hydrogen) atoms. The highest BCUT2D eigenvalue weighted by Crippen LogP contribution is 2.64. The van der Waals surface area contributed by atoms with Gasteiger partial charge in [0.1, 0.15) is 11.5 Å². The Balaban J connectivity index is 0.867. The zero-order valence-electron chi connectivity index (χ0n) is 53.9. The van der Waals surface area contributed by atoms with Crippen LogP contribution >= 0.6 is 11.8 Å². The first-order valence-corrected chi connectivity index (χ1v) is 34.6. The van der Waals surface area contributed by atoms with Crippen LogP contribution in [0.3, 0.4) is 0 Å². The molecule has 0 unspecified atom stereocenters. The molecule has 0 aromatic heterocycles. The maximum absolute atomic E-state index is 7.39. The lowest BCUT2D eigenvalue weighted by Crippen LogP contribution is -2.61. The van der Waals surface area contributed by atoms with Crippen LogP contribution in [0.15, 0.2) is 331 Å². The van der Waals surface area contributed by atoms with E-state index < -0.39 is 5.41 Å². The number of rotatable bonds is 7. The van der Waals surface area contributed by atoms with E-state index in [9.17, 15) is 0 Å². The van der Waals surface area contributed by atoms with E-state index in [1.54, 1.807) is 0 Å². The van der Waals surface area contributed by atoms with Gasteiger partial charge in [0.2, 0.25) is 0 Å². The molecule has 5 heterocycles. The Kier molecular flexibility index (Phi) is 12.3. The van der Waals surface area contributed by atoms with Crippen molar-refractivity contribution < 1.29 is 4.74 Å². The summed E-state index contributed by atoms with van der Waals surface area (Å²) in [5.74, 6) is 1.71. The quantitative estimate of drug-likeness (QED) is 0.147. The molecule has 0 atom stereocenters. The van der Waals surface area contributed by atoms with Gasteiger partial charge >= 0.3 is 0 Å². The van der Waals surface area contributed by atoms with Gasteiger partial charge in [-0.1, -0.05) is 245 Å². The van der Waals surface area contributed by atoms with Crippen LogP contribution in [0.4, 0.5) is 68.2 Å². The lowest BCUT2D eigenvalue weighted by atomic mass is 9.33. The Labute approximate surface area is 571 Å². The van der Waals surface area contributed by atoms with Gasteiger partial charge in [-0.15, -0.1) is 0 Å². The number of nitrogens with zero attached hydrogens (tertiary/aromatic N) is 4. The molecule has 456 valence electrons. The standard InChI is InChI=1S/C89H62B2N4OS/c1-88(2,3)59-49-79-86-80(50-59)94(62-35-15-7-16-36-62)77-55-84-70(53-74(77)90(86)72-44-23-25-46-76(72)93(79)61-33-13-6-14-34-61)89(68-42-21-19-40-66(68)67-41-20-22-43-69(67)89)71-54-75-78(56-85(71)97-84)95(63-37-17-8-18-38-63)81-51-65(52-83-87(81)91(75)73-45-24-26-47-82(73)96-83)92(60-31-11-5-12-32-60)64-39-27-30-58(48-64)57-28-9-4-10-29-57/h4-56H,1-3H3. The molecule has 1 spiro atoms. The number of hydrogen-bond acceptors (Lipinski definition) is 6. The van der Waals surface area contributed by atoms with E-state index in [-0.39, 0.29) is 18.8 Å². The Hall–Kier alpha value is -11.4. The molecular weight excluding hydrogens is 1190 g/mol. The molecule has 0 radical (unpaired) electrons. The topological polar surface area (TPSA) is 22.2 Å². The number of anilines is 12. The summed E-state index contributed by atoms with van der Waals surface area (Å²) in [6, 6.07) is 120. The molecule has 14 aromatic rings. The fourth-order valence-corrected chi connectivity index (χ4v) is 18.3. The van der Waals surface area contributed by atoms with Crippen LogP contribution in [-0.4, -0.2) is 13.4 Å². The zero-order valence-corrected chi connectivity index (χ0v) is 54.7. The van der Waals surface area contributed by atoms with Crippen LogP contribution in [-0.2, 0) is 10.8 Å². The largest absolute Gasteiger partial charge is 0.458 e. The van der Waals surface area contributed by atoms with Crippen molar-refractivity contribution in [2.24, 2.45) is 0 Å². The highest BCUT2D eigenvalue weighted by atomic mass is 32.2. The van der Waals surface area contributed by atoms with Gasteiger partial charge in [-0.2, -0.15) is 0 Å². The van der Waals surface area contributed by atoms with Crippen LogP contribution in [0.1, 0.15) is 48.6 Å². The molecule has 0 bridgehead atoms. The van der Waals surface area contributed by atoms with Gasteiger partial charge in [0.25, 0.3) is 13.4 Å². The maximum atomic E-state index is 7.39. The van der Waals surface area contributed by atoms with Crippen LogP contribution in [0, 0.1) is 0 Å². The summed E-state index contributed by atoms with van der Waals surface area (Å²) >= 11 is 1.93. The van der Waals surface area contributed by atoms with E-state index in [0.29, 0.717) is 0 Å². The summed E-state index contributed by atoms with van der Waals surface area (Å²) in [4.78, 5) is 12.5. The van der Waals surface area contributed by atoms with Gasteiger partial charge in [-0.25, -0.2) is 0 Å². The minimum absolute atomic E-state index is 0.0992. The van der Waals surface area contributed by atoms with Gasteiger partial charge < -0.3 is 24.3 Å². The van der Waals surface area contributed by atoms with Crippen molar-refractivity contribution in [2.75, 3.05) is 19.6 Å². The number of hydrogen-bond donors (Lipinski definition) is 0. The Morgan fingerprint density at radius 3 is 1.38 bits per heavy atom. The molecule has 8 heteroatoms. The van der Waals surface area contributed by atoms with Crippen LogP contribution in [0.5, 0.6) is 11.5 Å². The van der Waals surface area contributed by atoms with Crippen molar-refractivity contribution in [3.8, 4) is 33.8 Å². The van der Waals surface area contributed by atoms with Crippen molar-refractivity contribution >= 4 is 126 Å². The summed E-state index contributed by atoms with van der Waals surface area (Å²) < 4.78 is 7.39. The molecule has 0 saturated carbocycles. The van der Waals surface area contributed by atoms with E-state index in [0.717, 1.165) is 73.5 Å². The summed E-state index contributed by atoms with van der Waals surface area (Å²) in [7, 11) is 0. The molecule has 20 rings (SSSR count). The first kappa shape index (κ1) is 56.0. The second-order valence-corrected chi connectivity index (χ2v) is 28.6. The van der Waals surface area contributed by atoms with E-state index in [1.807, 2.05) is 11.8 Å². The van der Waals surface area contributed by atoms with Gasteiger partial charge in [-0.05, 0) is 191 Å². The number of para-hydroxylation sites is 6.